The van der Waals surface area contributed by atoms with Crippen molar-refractivity contribution in [3.05, 3.63) is 0 Å². The Hall–Kier alpha value is -1.26. The molecular formula is C5H9NO4. The lowest BCUT2D eigenvalue weighted by Crippen LogP contribution is -2.23. The Morgan fingerprint density at radius 3 is 2.20 bits per heavy atom. The van der Waals surface area contributed by atoms with Crippen LogP contribution in [0.1, 0.15) is 13.8 Å². The Kier molecular flexibility index (Phi) is 3.24. The minimum atomic E-state index is -0.964. The van der Waals surface area contributed by atoms with Crippen molar-refractivity contribution in [3.63, 3.8) is 0 Å². The molecule has 5 nitrogen and oxygen atoms in total. The van der Waals surface area contributed by atoms with Gasteiger partial charge in [-0.1, -0.05) is 0 Å². The average molecular weight is 147 g/mol. The lowest BCUT2D eigenvalue weighted by atomic mass is 10.7. The molecule has 0 aliphatic rings. The highest BCUT2D eigenvalue weighted by Crippen LogP contribution is 1.92. The van der Waals surface area contributed by atoms with Crippen LogP contribution in [-0.4, -0.2) is 18.4 Å². The Labute approximate surface area is 58.1 Å². The van der Waals surface area contributed by atoms with Crippen LogP contribution in [0, 0.1) is 0 Å². The Bertz CT molecular complexity index is 129. The van der Waals surface area contributed by atoms with E-state index in [1.54, 1.807) is 0 Å². The first-order valence-electron chi connectivity index (χ1n) is 2.65. The molecule has 0 aromatic heterocycles. The van der Waals surface area contributed by atoms with Gasteiger partial charge < -0.3 is 15.2 Å². The summed E-state index contributed by atoms with van der Waals surface area (Å²) in [6.45, 7) is 2.60. The van der Waals surface area contributed by atoms with Crippen LogP contribution in [0.4, 0.5) is 4.79 Å². The third-order valence-electron chi connectivity index (χ3n) is 0.614. The van der Waals surface area contributed by atoms with Crippen molar-refractivity contribution in [3.8, 4) is 0 Å². The summed E-state index contributed by atoms with van der Waals surface area (Å²) in [4.78, 5) is 20.2. The molecule has 0 saturated heterocycles. The van der Waals surface area contributed by atoms with Gasteiger partial charge in [0.1, 0.15) is 0 Å². The highest BCUT2D eigenvalue weighted by molar-refractivity contribution is 5.67. The standard InChI is InChI=1S/C5H9NO4/c1-3(7)9-4(2)10-5(6)8/h4H,1-2H3,(H2,6,8). The first kappa shape index (κ1) is 8.74. The zero-order valence-electron chi connectivity index (χ0n) is 5.79. The third kappa shape index (κ3) is 4.89. The van der Waals surface area contributed by atoms with E-state index in [1.165, 1.54) is 13.8 Å². The quantitative estimate of drug-likeness (QED) is 0.440. The fourth-order valence-corrected chi connectivity index (χ4v) is 0.421. The van der Waals surface area contributed by atoms with Gasteiger partial charge in [-0.15, -0.1) is 0 Å². The van der Waals surface area contributed by atoms with Crippen molar-refractivity contribution in [2.24, 2.45) is 5.73 Å². The number of ether oxygens (including phenoxy) is 2. The minimum absolute atomic E-state index is 0.520. The first-order valence-corrected chi connectivity index (χ1v) is 2.65. The summed E-state index contributed by atoms with van der Waals surface area (Å²) >= 11 is 0. The predicted octanol–water partition coefficient (Wildman–Crippen LogP) is -0.00920. The van der Waals surface area contributed by atoms with Gasteiger partial charge in [-0.05, 0) is 0 Å². The normalized spacial score (nSPS) is 11.8. The maximum Gasteiger partial charge on any atom is 0.407 e. The molecule has 0 bridgehead atoms. The van der Waals surface area contributed by atoms with Crippen LogP contribution in [0.25, 0.3) is 0 Å². The SMILES string of the molecule is CC(=O)OC(C)OC(N)=O. The van der Waals surface area contributed by atoms with Gasteiger partial charge in [0, 0.05) is 13.8 Å². The zero-order chi connectivity index (χ0) is 8.15. The van der Waals surface area contributed by atoms with E-state index in [9.17, 15) is 9.59 Å². The molecule has 0 aliphatic heterocycles. The summed E-state index contributed by atoms with van der Waals surface area (Å²) in [5, 5.41) is 0. The summed E-state index contributed by atoms with van der Waals surface area (Å²) in [5.41, 5.74) is 4.62. The molecule has 0 radical (unpaired) electrons. The van der Waals surface area contributed by atoms with E-state index in [-0.39, 0.29) is 0 Å². The van der Waals surface area contributed by atoms with Gasteiger partial charge in [0.25, 0.3) is 0 Å². The molecule has 2 N–H and O–H groups in total. The molecule has 0 aromatic carbocycles. The molecule has 1 unspecified atom stereocenters. The van der Waals surface area contributed by atoms with E-state index in [2.05, 4.69) is 15.2 Å². The molecule has 0 saturated carbocycles. The average Bonchev–Trinajstić information content (AvgIpc) is 1.58. The van der Waals surface area contributed by atoms with E-state index in [4.69, 9.17) is 0 Å². The largest absolute Gasteiger partial charge is 0.426 e. The molecular weight excluding hydrogens is 138 g/mol. The molecule has 0 aromatic rings. The Morgan fingerprint density at radius 1 is 1.40 bits per heavy atom. The molecule has 0 fully saturated rings. The van der Waals surface area contributed by atoms with Gasteiger partial charge in [-0.25, -0.2) is 4.79 Å². The molecule has 1 atom stereocenters. The highest BCUT2D eigenvalue weighted by Gasteiger charge is 2.07. The first-order chi connectivity index (χ1) is 4.52. The van der Waals surface area contributed by atoms with Crippen molar-refractivity contribution >= 4 is 12.1 Å². The molecule has 0 aliphatic carbocycles. The number of rotatable bonds is 2. The monoisotopic (exact) mass is 147 g/mol. The minimum Gasteiger partial charge on any atom is -0.426 e. The number of amides is 1. The van der Waals surface area contributed by atoms with Crippen molar-refractivity contribution in [2.45, 2.75) is 20.1 Å². The van der Waals surface area contributed by atoms with Crippen LogP contribution in [-0.2, 0) is 14.3 Å². The van der Waals surface area contributed by atoms with Gasteiger partial charge in [0.2, 0.25) is 6.29 Å². The number of hydrogen-bond donors (Lipinski definition) is 1. The smallest absolute Gasteiger partial charge is 0.407 e. The van der Waals surface area contributed by atoms with Gasteiger partial charge in [0.15, 0.2) is 0 Å². The number of primary amides is 1. The molecule has 1 amide bonds. The van der Waals surface area contributed by atoms with E-state index in [1.807, 2.05) is 0 Å². The number of carbonyl (C=O) groups excluding carboxylic acids is 2. The molecule has 58 valence electrons. The van der Waals surface area contributed by atoms with Gasteiger partial charge >= 0.3 is 12.1 Å². The number of carbonyl (C=O) groups is 2. The van der Waals surface area contributed by atoms with Crippen LogP contribution in [0.5, 0.6) is 0 Å². The van der Waals surface area contributed by atoms with Crippen molar-refractivity contribution in [1.29, 1.82) is 0 Å². The fourth-order valence-electron chi connectivity index (χ4n) is 0.421. The molecule has 0 heterocycles. The second-order valence-electron chi connectivity index (χ2n) is 1.61. The summed E-state index contributed by atoms with van der Waals surface area (Å²) in [5.74, 6) is -0.520. The van der Waals surface area contributed by atoms with Gasteiger partial charge in [-0.3, -0.25) is 4.79 Å². The Morgan fingerprint density at radius 2 is 1.90 bits per heavy atom. The fraction of sp³-hybridized carbons (Fsp3) is 0.600. The van der Waals surface area contributed by atoms with Gasteiger partial charge in [0.05, 0.1) is 0 Å². The highest BCUT2D eigenvalue weighted by atomic mass is 16.7. The summed E-state index contributed by atoms with van der Waals surface area (Å²) in [6.07, 6.45) is -1.87. The lowest BCUT2D eigenvalue weighted by molar-refractivity contribution is -0.161. The maximum atomic E-state index is 10.2. The van der Waals surface area contributed by atoms with Crippen LogP contribution in [0.15, 0.2) is 0 Å². The van der Waals surface area contributed by atoms with Crippen molar-refractivity contribution in [1.82, 2.24) is 0 Å². The van der Waals surface area contributed by atoms with Gasteiger partial charge in [-0.2, -0.15) is 0 Å². The van der Waals surface area contributed by atoms with E-state index < -0.39 is 18.4 Å². The summed E-state index contributed by atoms with van der Waals surface area (Å²) < 4.78 is 8.66. The molecule has 5 heteroatoms. The summed E-state index contributed by atoms with van der Waals surface area (Å²) in [6, 6.07) is 0. The second-order valence-corrected chi connectivity index (χ2v) is 1.61. The second kappa shape index (κ2) is 3.71. The molecule has 10 heavy (non-hydrogen) atoms. The van der Waals surface area contributed by atoms with E-state index >= 15 is 0 Å². The number of esters is 1. The number of hydrogen-bond acceptors (Lipinski definition) is 4. The van der Waals surface area contributed by atoms with E-state index in [0.717, 1.165) is 0 Å². The predicted molar refractivity (Wildman–Crippen MR) is 31.9 cm³/mol. The van der Waals surface area contributed by atoms with Crippen molar-refractivity contribution in [2.75, 3.05) is 0 Å². The topological polar surface area (TPSA) is 78.6 Å². The van der Waals surface area contributed by atoms with Crippen LogP contribution in [0.3, 0.4) is 0 Å². The van der Waals surface area contributed by atoms with Crippen molar-refractivity contribution < 1.29 is 19.1 Å². The van der Waals surface area contributed by atoms with Crippen LogP contribution in [0.2, 0.25) is 0 Å². The third-order valence-corrected chi connectivity index (χ3v) is 0.614. The summed E-state index contributed by atoms with van der Waals surface area (Å²) in [7, 11) is 0. The zero-order valence-corrected chi connectivity index (χ0v) is 5.79. The van der Waals surface area contributed by atoms with Crippen LogP contribution >= 0.6 is 0 Å². The number of nitrogens with two attached hydrogens (primary N) is 1. The van der Waals surface area contributed by atoms with Crippen LogP contribution < -0.4 is 5.73 Å². The van der Waals surface area contributed by atoms with E-state index in [0.29, 0.717) is 0 Å². The molecule has 0 rings (SSSR count). The maximum absolute atomic E-state index is 10.2. The lowest BCUT2D eigenvalue weighted by Gasteiger charge is -2.09. The molecule has 0 spiro atoms. The Balaban J connectivity index is 3.53.